The summed E-state index contributed by atoms with van der Waals surface area (Å²) in [6.07, 6.45) is 3.01. The molecule has 0 spiro atoms. The van der Waals surface area contributed by atoms with Crippen LogP contribution in [0, 0.1) is 11.3 Å². The van der Waals surface area contributed by atoms with Crippen LogP contribution in [0.3, 0.4) is 0 Å². The number of rotatable bonds is 18. The first kappa shape index (κ1) is 55.3. The van der Waals surface area contributed by atoms with Crippen molar-refractivity contribution in [2.45, 2.75) is 135 Å². The maximum Gasteiger partial charge on any atom is 0.395 e. The zero-order valence-corrected chi connectivity index (χ0v) is 44.4. The number of aromatic nitrogens is 2. The number of ether oxygens (including phenoxy) is 3. The van der Waals surface area contributed by atoms with Gasteiger partial charge in [-0.15, -0.1) is 0 Å². The number of aryl methyl sites for hydroxylation is 1. The molecule has 0 radical (unpaired) electrons. The summed E-state index contributed by atoms with van der Waals surface area (Å²) in [5.41, 5.74) is 7.98. The van der Waals surface area contributed by atoms with Crippen molar-refractivity contribution in [1.29, 1.82) is 0 Å². The molecule has 2 N–H and O–H groups in total. The number of carbonyl (C=O) groups is 3. The maximum absolute atomic E-state index is 14.4. The van der Waals surface area contributed by atoms with Crippen molar-refractivity contribution in [2.75, 3.05) is 59.5 Å². The van der Waals surface area contributed by atoms with Gasteiger partial charge in [0.2, 0.25) is 5.91 Å². The molecule has 3 aliphatic rings. The first-order valence-electron chi connectivity index (χ1n) is 25.9. The Labute approximate surface area is 428 Å². The van der Waals surface area contributed by atoms with E-state index in [4.69, 9.17) is 19.9 Å². The number of nitrogens with zero attached hydrogens (tertiary/aromatic N) is 5. The van der Waals surface area contributed by atoms with Crippen molar-refractivity contribution in [2.24, 2.45) is 24.1 Å². The number of alkyl halides is 3. The van der Waals surface area contributed by atoms with Gasteiger partial charge < -0.3 is 24.8 Å². The van der Waals surface area contributed by atoms with E-state index in [1.807, 2.05) is 21.9 Å². The number of halogens is 3. The largest absolute Gasteiger partial charge is 0.497 e. The highest BCUT2D eigenvalue weighted by atomic mass is 19.4. The van der Waals surface area contributed by atoms with E-state index in [1.54, 1.807) is 53.1 Å². The predicted molar refractivity (Wildman–Crippen MR) is 278 cm³/mol. The van der Waals surface area contributed by atoms with Gasteiger partial charge >= 0.3 is 17.8 Å². The number of primary amides is 1. The van der Waals surface area contributed by atoms with E-state index in [0.717, 1.165) is 74.2 Å². The number of methoxy groups -OCH3 is 1. The molecule has 0 bridgehead atoms. The van der Waals surface area contributed by atoms with Crippen molar-refractivity contribution in [1.82, 2.24) is 23.8 Å². The highest BCUT2D eigenvalue weighted by molar-refractivity contribution is 5.98. The summed E-state index contributed by atoms with van der Waals surface area (Å²) in [6.45, 7) is 16.9. The number of amides is 2. The molecule has 398 valence electrons. The molecule has 0 saturated carbocycles. The van der Waals surface area contributed by atoms with Crippen LogP contribution >= 0.6 is 0 Å². The predicted octanol–water partition coefficient (Wildman–Crippen LogP) is 9.45. The average Bonchev–Trinajstić information content (AvgIpc) is 3.57. The van der Waals surface area contributed by atoms with Gasteiger partial charge in [0.05, 0.1) is 29.2 Å². The lowest BCUT2D eigenvalue weighted by Gasteiger charge is -2.46. The summed E-state index contributed by atoms with van der Waals surface area (Å²) in [6, 6.07) is 20.4. The zero-order chi connectivity index (χ0) is 53.1. The lowest BCUT2D eigenvalue weighted by atomic mass is 9.67. The number of nitrogens with two attached hydrogens (primary N) is 1. The molecule has 3 heterocycles. The van der Waals surface area contributed by atoms with Gasteiger partial charge in [0, 0.05) is 76.9 Å². The zero-order valence-electron chi connectivity index (χ0n) is 44.4. The van der Waals surface area contributed by atoms with Crippen molar-refractivity contribution in [3.05, 3.63) is 106 Å². The summed E-state index contributed by atoms with van der Waals surface area (Å²) in [5.74, 6) is -0.138. The number of hydrogen-bond acceptors (Lipinski definition) is 9. The van der Waals surface area contributed by atoms with Crippen molar-refractivity contribution < 1.29 is 41.8 Å². The third-order valence-electron chi connectivity index (χ3n) is 15.3. The smallest absolute Gasteiger partial charge is 0.395 e. The van der Waals surface area contributed by atoms with E-state index >= 15 is 0 Å². The monoisotopic (exact) mass is 1010 g/mol. The Balaban J connectivity index is 0.937. The van der Waals surface area contributed by atoms with Crippen LogP contribution in [0.25, 0.3) is 16.6 Å². The fraction of sp³-hybridized carbons (Fsp3) is 0.579. The van der Waals surface area contributed by atoms with Crippen LogP contribution in [-0.2, 0) is 38.1 Å². The van der Waals surface area contributed by atoms with Gasteiger partial charge in [-0.25, -0.2) is 4.79 Å². The second-order valence-corrected chi connectivity index (χ2v) is 23.0. The van der Waals surface area contributed by atoms with Crippen LogP contribution in [-0.4, -0.2) is 119 Å². The molecule has 2 saturated heterocycles. The minimum absolute atomic E-state index is 0.00863. The van der Waals surface area contributed by atoms with Gasteiger partial charge in [-0.1, -0.05) is 42.5 Å². The molecule has 2 fully saturated rings. The normalized spacial score (nSPS) is 20.5. The molecule has 73 heavy (non-hydrogen) atoms. The Bertz CT molecular complexity index is 2680. The molecule has 3 aromatic carbocycles. The number of hydrogen-bond donors (Lipinski definition) is 1. The molecule has 4 aromatic rings. The summed E-state index contributed by atoms with van der Waals surface area (Å²) in [4.78, 5) is 58.6. The Kier molecular flexibility index (Phi) is 16.8. The summed E-state index contributed by atoms with van der Waals surface area (Å²) < 4.78 is 62.9. The van der Waals surface area contributed by atoms with E-state index in [-0.39, 0.29) is 36.3 Å². The molecule has 1 aliphatic carbocycles. The minimum atomic E-state index is -4.35. The van der Waals surface area contributed by atoms with Crippen LogP contribution in [0.5, 0.6) is 5.75 Å². The lowest BCUT2D eigenvalue weighted by Crippen LogP contribution is -2.49. The topological polar surface area (TPSA) is 142 Å². The van der Waals surface area contributed by atoms with E-state index < -0.39 is 40.8 Å². The number of piperazine rings is 1. The van der Waals surface area contributed by atoms with Crippen molar-refractivity contribution in [3.8, 4) is 5.75 Å². The summed E-state index contributed by atoms with van der Waals surface area (Å²) in [5, 5.41) is 0. The minimum Gasteiger partial charge on any atom is -0.497 e. The van der Waals surface area contributed by atoms with Gasteiger partial charge in [-0.3, -0.25) is 33.3 Å². The number of benzene rings is 3. The first-order chi connectivity index (χ1) is 34.3. The third-order valence-corrected chi connectivity index (χ3v) is 15.3. The Morgan fingerprint density at radius 2 is 1.62 bits per heavy atom. The Hall–Kier alpha value is -5.45. The standard InChI is InChI=1S/C57H77F3N6O7/c1-53(2,3)73-49(67)25-24-47(50(61)68)66-46-23-18-43(34-48(46)62(8)52(66)70)51(69)65-31-29-63(30-32-65)35-39-10-14-41(15-11-39)42-16-12-40(13-17-42)36-64(38-54(4,5)57(58,59)60)28-26-56(27-33-72-55(6,7)37-56)44-19-21-45(71-9)22-20-44/h12-14,16-23,34,39,47H,10-11,15,24-33,35-38H2,1-9H3,(H2,61,68)/t39-,47-,56+/m0/s1. The summed E-state index contributed by atoms with van der Waals surface area (Å²) >= 11 is 0. The van der Waals surface area contributed by atoms with Gasteiger partial charge in [0.25, 0.3) is 5.91 Å². The van der Waals surface area contributed by atoms with Gasteiger partial charge in [0.15, 0.2) is 0 Å². The van der Waals surface area contributed by atoms with Crippen molar-refractivity contribution >= 4 is 34.4 Å². The van der Waals surface area contributed by atoms with E-state index in [0.29, 0.717) is 61.7 Å². The highest BCUT2D eigenvalue weighted by Crippen LogP contribution is 2.45. The fourth-order valence-corrected chi connectivity index (χ4v) is 11.2. The molecule has 2 amide bonds. The fourth-order valence-electron chi connectivity index (χ4n) is 11.2. The quantitative estimate of drug-likeness (QED) is 0.0966. The van der Waals surface area contributed by atoms with Crippen LogP contribution in [0.4, 0.5) is 13.2 Å². The molecule has 1 aromatic heterocycles. The van der Waals surface area contributed by atoms with Gasteiger partial charge in [-0.05, 0) is 158 Å². The lowest BCUT2D eigenvalue weighted by molar-refractivity contribution is -0.217. The number of esters is 1. The number of imidazole rings is 1. The SMILES string of the molecule is COc1ccc([C@]2(CCN(Cc3ccc(C4=CC[C@H](CN5CCN(C(=O)c6ccc7c(c6)n(C)c(=O)n7[C@@H](CCC(=O)OC(C)(C)C)C(N)=O)CC5)CC4)cc3)CC(C)(C)C(F)(F)F)CCOC(C)(C)C2)cc1. The molecular weight excluding hydrogens is 938 g/mol. The second kappa shape index (κ2) is 22.2. The molecule has 16 heteroatoms. The van der Waals surface area contributed by atoms with Crippen molar-refractivity contribution in [3.63, 3.8) is 0 Å². The van der Waals surface area contributed by atoms with E-state index in [9.17, 15) is 32.3 Å². The first-order valence-corrected chi connectivity index (χ1v) is 25.9. The number of allylic oxidation sites excluding steroid dienone is 2. The molecular formula is C57H77F3N6O7. The average molecular weight is 1020 g/mol. The molecule has 7 rings (SSSR count). The maximum atomic E-state index is 14.4. The second-order valence-electron chi connectivity index (χ2n) is 23.0. The highest BCUT2D eigenvalue weighted by Gasteiger charge is 2.49. The van der Waals surface area contributed by atoms with Crippen LogP contribution < -0.4 is 16.2 Å². The Morgan fingerprint density at radius 3 is 2.21 bits per heavy atom. The van der Waals surface area contributed by atoms with Crippen LogP contribution in [0.1, 0.15) is 133 Å². The number of fused-ring (bicyclic) bond motifs is 1. The molecule has 2 aliphatic heterocycles. The number of carbonyl (C=O) groups excluding carboxylic acids is 3. The van der Waals surface area contributed by atoms with Crippen LogP contribution in [0.2, 0.25) is 0 Å². The van der Waals surface area contributed by atoms with E-state index in [2.05, 4.69) is 61.2 Å². The van der Waals surface area contributed by atoms with Gasteiger partial charge in [-0.2, -0.15) is 13.2 Å². The van der Waals surface area contributed by atoms with Crippen LogP contribution in [0.15, 0.2) is 77.6 Å². The van der Waals surface area contributed by atoms with E-state index in [1.165, 1.54) is 28.6 Å². The van der Waals surface area contributed by atoms with Gasteiger partial charge in [0.1, 0.15) is 17.4 Å². The Morgan fingerprint density at radius 1 is 0.932 bits per heavy atom. The molecule has 13 nitrogen and oxygen atoms in total. The molecule has 3 atom stereocenters. The third kappa shape index (κ3) is 13.5. The molecule has 0 unspecified atom stereocenters. The summed E-state index contributed by atoms with van der Waals surface area (Å²) in [7, 11) is 3.22.